The second-order valence-electron chi connectivity index (χ2n) is 10.2. The minimum atomic E-state index is -0.123. The van der Waals surface area contributed by atoms with Crippen LogP contribution in [0.2, 0.25) is 0 Å². The molecule has 0 radical (unpaired) electrons. The van der Waals surface area contributed by atoms with Crippen LogP contribution in [0.4, 0.5) is 0 Å². The van der Waals surface area contributed by atoms with Gasteiger partial charge in [-0.2, -0.15) is 4.57 Å². The van der Waals surface area contributed by atoms with Crippen molar-refractivity contribution in [1.29, 1.82) is 0 Å². The Morgan fingerprint density at radius 2 is 1.90 bits per heavy atom. The van der Waals surface area contributed by atoms with Crippen molar-refractivity contribution < 1.29 is 9.63 Å². The van der Waals surface area contributed by atoms with E-state index >= 15 is 0 Å². The Kier molecular flexibility index (Phi) is 4.75. The summed E-state index contributed by atoms with van der Waals surface area (Å²) in [6, 6.07) is 1.93. The highest BCUT2D eigenvalue weighted by Gasteiger charge is 2.57. The van der Waals surface area contributed by atoms with Crippen LogP contribution in [0.1, 0.15) is 64.5 Å². The molecule has 30 heavy (non-hydrogen) atoms. The summed E-state index contributed by atoms with van der Waals surface area (Å²) in [5.74, 6) is 2.21. The number of nitrogens with zero attached hydrogens (tertiary/aromatic N) is 2. The van der Waals surface area contributed by atoms with Crippen molar-refractivity contribution >= 4 is 11.2 Å². The zero-order valence-electron chi connectivity index (χ0n) is 18.5. The zero-order valence-corrected chi connectivity index (χ0v) is 18.5. The van der Waals surface area contributed by atoms with E-state index in [1.54, 1.807) is 11.8 Å². The minimum Gasteiger partial charge on any atom is -0.393 e. The van der Waals surface area contributed by atoms with Crippen molar-refractivity contribution in [2.75, 3.05) is 7.05 Å². The maximum absolute atomic E-state index is 10.2. The van der Waals surface area contributed by atoms with E-state index in [2.05, 4.69) is 36.7 Å². The van der Waals surface area contributed by atoms with Crippen LogP contribution in [-0.4, -0.2) is 27.8 Å². The third kappa shape index (κ3) is 2.64. The molecule has 0 amide bonds. The molecular formula is C25H35N3O2. The molecule has 5 heteroatoms. The van der Waals surface area contributed by atoms with E-state index in [1.165, 1.54) is 38.3 Å². The maximum Gasteiger partial charge on any atom is 0.172 e. The van der Waals surface area contributed by atoms with Crippen LogP contribution in [0.15, 0.2) is 40.8 Å². The van der Waals surface area contributed by atoms with E-state index in [-0.39, 0.29) is 11.5 Å². The van der Waals surface area contributed by atoms with Gasteiger partial charge in [0.25, 0.3) is 0 Å². The molecule has 162 valence electrons. The highest BCUT2D eigenvalue weighted by atomic mass is 16.5. The van der Waals surface area contributed by atoms with Gasteiger partial charge in [-0.1, -0.05) is 31.6 Å². The topological polar surface area (TPSA) is 76.7 Å². The Balaban J connectivity index is 0.000000937. The summed E-state index contributed by atoms with van der Waals surface area (Å²) < 4.78 is 7.61. The van der Waals surface area contributed by atoms with Crippen molar-refractivity contribution in [1.82, 2.24) is 9.56 Å². The molecule has 2 fully saturated rings. The van der Waals surface area contributed by atoms with Gasteiger partial charge in [-0.05, 0) is 86.2 Å². The molecule has 2 aromatic heterocycles. The van der Waals surface area contributed by atoms with Crippen LogP contribution in [-0.2, 0) is 0 Å². The molecule has 6 rings (SSSR count). The molecule has 0 aliphatic heterocycles. The average molecular weight is 410 g/mol. The van der Waals surface area contributed by atoms with E-state index < -0.39 is 0 Å². The Morgan fingerprint density at radius 1 is 1.10 bits per heavy atom. The van der Waals surface area contributed by atoms with Crippen molar-refractivity contribution in [2.45, 2.75) is 64.9 Å². The van der Waals surface area contributed by atoms with Gasteiger partial charge in [0.05, 0.1) is 12.3 Å². The summed E-state index contributed by atoms with van der Waals surface area (Å²) in [6.45, 7) is 4.98. The fourth-order valence-corrected chi connectivity index (χ4v) is 7.51. The number of allylic oxidation sites excluding steroid dienone is 3. The van der Waals surface area contributed by atoms with Gasteiger partial charge in [0.1, 0.15) is 12.0 Å². The molecule has 0 bridgehead atoms. The lowest BCUT2D eigenvalue weighted by molar-refractivity contribution is -0.0239. The summed E-state index contributed by atoms with van der Waals surface area (Å²) in [7, 11) is 1.50. The fraction of sp³-hybridized carbons (Fsp3) is 0.640. The predicted molar refractivity (Wildman–Crippen MR) is 119 cm³/mol. The summed E-state index contributed by atoms with van der Waals surface area (Å²) >= 11 is 0. The standard InChI is InChI=1S/C24H30N2O2.CH5N/c1-23-10-7-16(27)13-15(23)3-4-17-18-5-6-20(24(18,2)11-8-19(17)23)21-14-25-22-9-12-28-26(21)22;1-2/h3,6,9,12,14,16-19,27H,4-5,7-8,10-11,13H2,1-2H3;2H2,1H3/t16-,17?,18?,19?,23-,24-;/m0./s1. The molecule has 0 saturated heterocycles. The number of hydrogen-bond acceptors (Lipinski definition) is 4. The van der Waals surface area contributed by atoms with Crippen LogP contribution >= 0.6 is 0 Å². The molecule has 3 N–H and O–H groups in total. The first kappa shape index (κ1) is 20.1. The summed E-state index contributed by atoms with van der Waals surface area (Å²) in [4.78, 5) is 4.54. The first-order valence-corrected chi connectivity index (χ1v) is 11.6. The molecule has 0 aromatic carbocycles. The van der Waals surface area contributed by atoms with E-state index in [4.69, 9.17) is 4.52 Å². The number of aliphatic hydroxyl groups is 1. The number of nitrogens with two attached hydrogens (primary N) is 1. The molecule has 2 saturated carbocycles. The van der Waals surface area contributed by atoms with E-state index in [9.17, 15) is 5.11 Å². The van der Waals surface area contributed by atoms with Crippen molar-refractivity contribution in [2.24, 2.45) is 34.3 Å². The highest BCUT2D eigenvalue weighted by molar-refractivity contribution is 5.72. The number of hydrogen-bond donors (Lipinski definition) is 2. The Bertz CT molecular complexity index is 1000. The molecule has 3 unspecified atom stereocenters. The molecule has 2 heterocycles. The Labute approximate surface area is 179 Å². The van der Waals surface area contributed by atoms with Gasteiger partial charge in [-0.3, -0.25) is 0 Å². The van der Waals surface area contributed by atoms with Crippen molar-refractivity contribution in [3.8, 4) is 0 Å². The number of rotatable bonds is 1. The van der Waals surface area contributed by atoms with Crippen LogP contribution in [0, 0.1) is 28.6 Å². The minimum absolute atomic E-state index is 0.123. The summed E-state index contributed by atoms with van der Waals surface area (Å²) in [5.41, 5.74) is 10.0. The van der Waals surface area contributed by atoms with Crippen LogP contribution in [0.5, 0.6) is 0 Å². The molecule has 0 spiro atoms. The smallest absolute Gasteiger partial charge is 0.172 e. The molecule has 5 nitrogen and oxygen atoms in total. The fourth-order valence-electron chi connectivity index (χ4n) is 7.51. The van der Waals surface area contributed by atoms with Gasteiger partial charge in [0.15, 0.2) is 5.65 Å². The van der Waals surface area contributed by atoms with Crippen molar-refractivity contribution in [3.63, 3.8) is 0 Å². The summed E-state index contributed by atoms with van der Waals surface area (Å²) in [5, 5.41) is 10.2. The maximum atomic E-state index is 10.2. The zero-order chi connectivity index (χ0) is 21.1. The Morgan fingerprint density at radius 3 is 2.73 bits per heavy atom. The lowest BCUT2D eigenvalue weighted by Gasteiger charge is -2.57. The quantitative estimate of drug-likeness (QED) is 0.662. The third-order valence-electron chi connectivity index (χ3n) is 9.06. The molecule has 4 aliphatic carbocycles. The number of aliphatic hydroxyl groups excluding tert-OH is 1. The van der Waals surface area contributed by atoms with Crippen LogP contribution in [0.3, 0.4) is 0 Å². The second-order valence-corrected chi connectivity index (χ2v) is 10.2. The van der Waals surface area contributed by atoms with Gasteiger partial charge in [-0.25, -0.2) is 4.98 Å². The van der Waals surface area contributed by atoms with Gasteiger partial charge in [0, 0.05) is 6.07 Å². The highest BCUT2D eigenvalue weighted by Crippen LogP contribution is 2.66. The second kappa shape index (κ2) is 7.10. The SMILES string of the molecule is CN.C[C@]12CC[C@H](O)CC1=CCC1C2CC[C@]2(C)C(c3cnc4ccon34)=CCC12. The largest absolute Gasteiger partial charge is 0.393 e. The molecule has 6 atom stereocenters. The lowest BCUT2D eigenvalue weighted by Crippen LogP contribution is -2.49. The first-order valence-electron chi connectivity index (χ1n) is 11.6. The normalized spacial score (nSPS) is 39.9. The molecule has 2 aromatic rings. The Hall–Kier alpha value is -1.85. The third-order valence-corrected chi connectivity index (χ3v) is 9.06. The lowest BCUT2D eigenvalue weighted by atomic mass is 9.47. The average Bonchev–Trinajstić information content (AvgIpc) is 3.44. The molecular weight excluding hydrogens is 374 g/mol. The monoisotopic (exact) mass is 409 g/mol. The number of aromatic nitrogens is 2. The molecule has 4 aliphatic rings. The van der Waals surface area contributed by atoms with E-state index in [0.717, 1.165) is 42.4 Å². The van der Waals surface area contributed by atoms with Crippen LogP contribution < -0.4 is 5.73 Å². The van der Waals surface area contributed by atoms with Gasteiger partial charge >= 0.3 is 0 Å². The van der Waals surface area contributed by atoms with Gasteiger partial charge < -0.3 is 15.4 Å². The van der Waals surface area contributed by atoms with Gasteiger partial charge in [-0.15, -0.1) is 0 Å². The van der Waals surface area contributed by atoms with Crippen molar-refractivity contribution in [3.05, 3.63) is 41.9 Å². The predicted octanol–water partition coefficient (Wildman–Crippen LogP) is 4.82. The number of fused-ring (bicyclic) bond motifs is 6. The first-order chi connectivity index (χ1) is 14.5. The summed E-state index contributed by atoms with van der Waals surface area (Å²) in [6.07, 6.45) is 16.5. The number of imidazole rings is 1. The van der Waals surface area contributed by atoms with Gasteiger partial charge in [0.2, 0.25) is 0 Å². The van der Waals surface area contributed by atoms with E-state index in [0.29, 0.717) is 11.3 Å². The van der Waals surface area contributed by atoms with E-state index in [1.807, 2.05) is 16.8 Å². The van der Waals surface area contributed by atoms with Crippen LogP contribution in [0.25, 0.3) is 11.2 Å².